The molecule has 1 aliphatic carbocycles. The maximum absolute atomic E-state index is 10.7. The van der Waals surface area contributed by atoms with Crippen molar-refractivity contribution in [2.24, 2.45) is 5.73 Å². The van der Waals surface area contributed by atoms with Gasteiger partial charge in [0.25, 0.3) is 0 Å². The van der Waals surface area contributed by atoms with Crippen LogP contribution in [0.15, 0.2) is 24.3 Å². The van der Waals surface area contributed by atoms with Crippen LogP contribution in [0.5, 0.6) is 0 Å². The number of primary amides is 1. The van der Waals surface area contributed by atoms with Crippen LogP contribution in [0, 0.1) is 11.3 Å². The Morgan fingerprint density at radius 1 is 1.41 bits per heavy atom. The Hall–Kier alpha value is -1.86. The molecular weight excluding hydrogens is 214 g/mol. The molecule has 0 aliphatic heterocycles. The minimum atomic E-state index is -0.284. The summed E-state index contributed by atoms with van der Waals surface area (Å²) in [6, 6.07) is 9.70. The van der Waals surface area contributed by atoms with Gasteiger partial charge in [-0.3, -0.25) is 4.79 Å². The number of amides is 1. The van der Waals surface area contributed by atoms with Crippen molar-refractivity contribution in [2.75, 3.05) is 6.54 Å². The van der Waals surface area contributed by atoms with Crippen LogP contribution in [-0.4, -0.2) is 12.5 Å². The number of hydrogen-bond donors (Lipinski definition) is 2. The SMILES string of the molecule is N#Cc1ccc(C2(NCCC(N)=O)CC2)cc1. The Kier molecular flexibility index (Phi) is 3.12. The van der Waals surface area contributed by atoms with Gasteiger partial charge in [-0.2, -0.15) is 5.26 Å². The number of benzene rings is 1. The number of rotatable bonds is 5. The van der Waals surface area contributed by atoms with E-state index in [9.17, 15) is 4.79 Å². The van der Waals surface area contributed by atoms with E-state index in [1.807, 2.05) is 24.3 Å². The summed E-state index contributed by atoms with van der Waals surface area (Å²) < 4.78 is 0. The van der Waals surface area contributed by atoms with Crippen LogP contribution in [-0.2, 0) is 10.3 Å². The molecule has 2 rings (SSSR count). The standard InChI is InChI=1S/C13H15N3O/c14-9-10-1-3-11(4-2-10)13(6-7-13)16-8-5-12(15)17/h1-4,16H,5-8H2,(H2,15,17). The molecule has 3 N–H and O–H groups in total. The molecule has 0 unspecified atom stereocenters. The molecule has 4 nitrogen and oxygen atoms in total. The molecule has 1 saturated carbocycles. The monoisotopic (exact) mass is 229 g/mol. The Labute approximate surface area is 100 Å². The average molecular weight is 229 g/mol. The quantitative estimate of drug-likeness (QED) is 0.791. The van der Waals surface area contributed by atoms with Gasteiger partial charge in [0.05, 0.1) is 11.6 Å². The molecule has 0 heterocycles. The number of hydrogen-bond acceptors (Lipinski definition) is 3. The summed E-state index contributed by atoms with van der Waals surface area (Å²) in [7, 11) is 0. The van der Waals surface area contributed by atoms with Crippen molar-refractivity contribution in [1.29, 1.82) is 5.26 Å². The molecule has 0 radical (unpaired) electrons. The molecule has 1 aromatic rings. The maximum atomic E-state index is 10.7. The third kappa shape index (κ3) is 2.63. The van der Waals surface area contributed by atoms with Gasteiger partial charge in [0.1, 0.15) is 0 Å². The van der Waals surface area contributed by atoms with E-state index in [1.165, 1.54) is 5.56 Å². The van der Waals surface area contributed by atoms with Gasteiger partial charge in [0.15, 0.2) is 0 Å². The zero-order valence-electron chi connectivity index (χ0n) is 9.57. The molecule has 4 heteroatoms. The summed E-state index contributed by atoms with van der Waals surface area (Å²) in [4.78, 5) is 10.7. The van der Waals surface area contributed by atoms with Gasteiger partial charge in [-0.25, -0.2) is 0 Å². The van der Waals surface area contributed by atoms with Gasteiger partial charge in [-0.05, 0) is 30.5 Å². The van der Waals surface area contributed by atoms with Crippen molar-refractivity contribution >= 4 is 5.91 Å². The predicted octanol–water partition coefficient (Wildman–Crippen LogP) is 1.01. The van der Waals surface area contributed by atoms with Crippen molar-refractivity contribution in [3.05, 3.63) is 35.4 Å². The van der Waals surface area contributed by atoms with E-state index in [4.69, 9.17) is 11.0 Å². The van der Waals surface area contributed by atoms with Crippen molar-refractivity contribution in [3.8, 4) is 6.07 Å². The molecule has 0 aromatic heterocycles. The molecule has 0 atom stereocenters. The summed E-state index contributed by atoms with van der Waals surface area (Å²) in [6.45, 7) is 0.606. The van der Waals surface area contributed by atoms with E-state index in [-0.39, 0.29) is 11.4 Å². The fourth-order valence-corrected chi connectivity index (χ4v) is 1.98. The topological polar surface area (TPSA) is 78.9 Å². The Balaban J connectivity index is 2.00. The maximum Gasteiger partial charge on any atom is 0.218 e. The van der Waals surface area contributed by atoms with Crippen LogP contribution < -0.4 is 11.1 Å². The first-order chi connectivity index (χ1) is 8.16. The van der Waals surface area contributed by atoms with E-state index in [2.05, 4.69) is 11.4 Å². The van der Waals surface area contributed by atoms with E-state index in [1.54, 1.807) is 0 Å². The second-order valence-electron chi connectivity index (χ2n) is 4.41. The van der Waals surface area contributed by atoms with Crippen LogP contribution in [0.1, 0.15) is 30.4 Å². The van der Waals surface area contributed by atoms with Crippen molar-refractivity contribution in [1.82, 2.24) is 5.32 Å². The van der Waals surface area contributed by atoms with Gasteiger partial charge in [-0.1, -0.05) is 12.1 Å². The minimum Gasteiger partial charge on any atom is -0.370 e. The highest BCUT2D eigenvalue weighted by molar-refractivity contribution is 5.73. The largest absolute Gasteiger partial charge is 0.370 e. The lowest BCUT2D eigenvalue weighted by Gasteiger charge is -2.17. The zero-order chi connectivity index (χ0) is 12.3. The molecule has 1 amide bonds. The van der Waals surface area contributed by atoms with Gasteiger partial charge >= 0.3 is 0 Å². The van der Waals surface area contributed by atoms with Crippen LogP contribution >= 0.6 is 0 Å². The van der Waals surface area contributed by atoms with Gasteiger partial charge in [0, 0.05) is 18.5 Å². The molecule has 0 bridgehead atoms. The molecule has 88 valence electrons. The third-order valence-electron chi connectivity index (χ3n) is 3.15. The van der Waals surface area contributed by atoms with E-state index >= 15 is 0 Å². The van der Waals surface area contributed by atoms with Gasteiger partial charge < -0.3 is 11.1 Å². The van der Waals surface area contributed by atoms with Crippen molar-refractivity contribution in [3.63, 3.8) is 0 Å². The van der Waals surface area contributed by atoms with E-state index in [0.29, 0.717) is 18.5 Å². The van der Waals surface area contributed by atoms with Gasteiger partial charge in [0.2, 0.25) is 5.91 Å². The highest BCUT2D eigenvalue weighted by Gasteiger charge is 2.43. The summed E-state index contributed by atoms with van der Waals surface area (Å²) >= 11 is 0. The minimum absolute atomic E-state index is 0.00341. The summed E-state index contributed by atoms with van der Waals surface area (Å²) in [5.41, 5.74) is 6.96. The number of nitrogens with one attached hydrogen (secondary N) is 1. The number of carbonyl (C=O) groups excluding carboxylic acids is 1. The molecule has 17 heavy (non-hydrogen) atoms. The zero-order valence-corrected chi connectivity index (χ0v) is 9.57. The molecule has 1 aromatic carbocycles. The van der Waals surface area contributed by atoms with Gasteiger partial charge in [-0.15, -0.1) is 0 Å². The lowest BCUT2D eigenvalue weighted by atomic mass is 10.0. The van der Waals surface area contributed by atoms with Crippen molar-refractivity contribution < 1.29 is 4.79 Å². The Morgan fingerprint density at radius 3 is 2.53 bits per heavy atom. The van der Waals surface area contributed by atoms with E-state index in [0.717, 1.165) is 12.8 Å². The molecule has 0 spiro atoms. The first-order valence-electron chi connectivity index (χ1n) is 5.70. The summed E-state index contributed by atoms with van der Waals surface area (Å²) in [5.74, 6) is -0.284. The normalized spacial score (nSPS) is 16.2. The number of nitriles is 1. The second kappa shape index (κ2) is 4.56. The van der Waals surface area contributed by atoms with Crippen LogP contribution in [0.3, 0.4) is 0 Å². The number of carbonyl (C=O) groups is 1. The molecule has 1 fully saturated rings. The fraction of sp³-hybridized carbons (Fsp3) is 0.385. The molecule has 1 aliphatic rings. The Bertz CT molecular complexity index is 455. The van der Waals surface area contributed by atoms with Crippen LogP contribution in [0.4, 0.5) is 0 Å². The van der Waals surface area contributed by atoms with E-state index < -0.39 is 0 Å². The highest BCUT2D eigenvalue weighted by Crippen LogP contribution is 2.45. The molecule has 0 saturated heterocycles. The first-order valence-corrected chi connectivity index (χ1v) is 5.70. The second-order valence-corrected chi connectivity index (χ2v) is 4.41. The fourth-order valence-electron chi connectivity index (χ4n) is 1.98. The predicted molar refractivity (Wildman–Crippen MR) is 63.9 cm³/mol. The van der Waals surface area contributed by atoms with Crippen molar-refractivity contribution in [2.45, 2.75) is 24.8 Å². The third-order valence-corrected chi connectivity index (χ3v) is 3.15. The number of nitrogens with two attached hydrogens (primary N) is 1. The number of nitrogens with zero attached hydrogens (tertiary/aromatic N) is 1. The Morgan fingerprint density at radius 2 is 2.06 bits per heavy atom. The highest BCUT2D eigenvalue weighted by atomic mass is 16.1. The average Bonchev–Trinajstić information content (AvgIpc) is 3.10. The smallest absolute Gasteiger partial charge is 0.218 e. The molecular formula is C13H15N3O. The summed E-state index contributed by atoms with van der Waals surface area (Å²) in [6.07, 6.45) is 2.49. The lowest BCUT2D eigenvalue weighted by molar-refractivity contribution is -0.117. The first kappa shape index (κ1) is 11.6. The van der Waals surface area contributed by atoms with Crippen LogP contribution in [0.25, 0.3) is 0 Å². The van der Waals surface area contributed by atoms with Crippen LogP contribution in [0.2, 0.25) is 0 Å². The lowest BCUT2D eigenvalue weighted by Crippen LogP contribution is -2.32. The summed E-state index contributed by atoms with van der Waals surface area (Å²) in [5, 5.41) is 12.1.